The molecular weight excluding hydrogens is 342 g/mol. The highest BCUT2D eigenvalue weighted by atomic mass is 16.3. The maximum Gasteiger partial charge on any atom is 0.236 e. The van der Waals surface area contributed by atoms with Crippen molar-refractivity contribution in [1.82, 2.24) is 10.2 Å². The van der Waals surface area contributed by atoms with Gasteiger partial charge in [-0.05, 0) is 37.8 Å². The van der Waals surface area contributed by atoms with Gasteiger partial charge in [0, 0.05) is 13.1 Å². The van der Waals surface area contributed by atoms with E-state index in [9.17, 15) is 14.7 Å². The maximum absolute atomic E-state index is 12.6. The second-order valence-electron chi connectivity index (χ2n) is 8.02. The number of amides is 2. The number of rotatable bonds is 11. The predicted molar refractivity (Wildman–Crippen MR) is 106 cm³/mol. The predicted octanol–water partition coefficient (Wildman–Crippen LogP) is 1.32. The van der Waals surface area contributed by atoms with Gasteiger partial charge in [-0.2, -0.15) is 0 Å². The van der Waals surface area contributed by atoms with Gasteiger partial charge in [-0.25, -0.2) is 0 Å². The Labute approximate surface area is 162 Å². The minimum atomic E-state index is -1.09. The number of aliphatic hydroxyl groups is 1. The van der Waals surface area contributed by atoms with Crippen molar-refractivity contribution in [3.05, 3.63) is 35.9 Å². The van der Waals surface area contributed by atoms with Gasteiger partial charge in [0.1, 0.15) is 5.41 Å². The Balaban J connectivity index is 2.07. The van der Waals surface area contributed by atoms with Gasteiger partial charge < -0.3 is 21.1 Å². The third-order valence-electron chi connectivity index (χ3n) is 5.55. The van der Waals surface area contributed by atoms with E-state index < -0.39 is 23.5 Å². The second-order valence-corrected chi connectivity index (χ2v) is 8.02. The van der Waals surface area contributed by atoms with Crippen LogP contribution in [0.15, 0.2) is 30.3 Å². The number of carbonyl (C=O) groups excluding carboxylic acids is 2. The summed E-state index contributed by atoms with van der Waals surface area (Å²) in [6.45, 7) is 5.65. The van der Waals surface area contributed by atoms with Crippen molar-refractivity contribution in [2.75, 3.05) is 20.1 Å². The lowest BCUT2D eigenvalue weighted by atomic mass is 9.98. The minimum Gasteiger partial charge on any atom is -0.390 e. The van der Waals surface area contributed by atoms with Gasteiger partial charge in [-0.15, -0.1) is 0 Å². The first-order chi connectivity index (χ1) is 12.8. The summed E-state index contributed by atoms with van der Waals surface area (Å²) in [7, 11) is 1.97. The number of aliphatic hydroxyl groups excluding tert-OH is 1. The molecule has 2 amide bonds. The van der Waals surface area contributed by atoms with Crippen LogP contribution in [0.5, 0.6) is 0 Å². The number of carbonyl (C=O) groups is 2. The van der Waals surface area contributed by atoms with Crippen LogP contribution in [-0.4, -0.2) is 54.1 Å². The van der Waals surface area contributed by atoms with E-state index >= 15 is 0 Å². The monoisotopic (exact) mass is 375 g/mol. The highest BCUT2D eigenvalue weighted by Gasteiger charge is 2.55. The zero-order valence-corrected chi connectivity index (χ0v) is 16.6. The minimum absolute atomic E-state index is 0.362. The molecule has 1 aliphatic rings. The molecule has 0 radical (unpaired) electrons. The Hall–Kier alpha value is -1.92. The quantitative estimate of drug-likeness (QED) is 0.508. The van der Waals surface area contributed by atoms with Crippen LogP contribution in [0.3, 0.4) is 0 Å². The summed E-state index contributed by atoms with van der Waals surface area (Å²) in [5.41, 5.74) is 5.36. The van der Waals surface area contributed by atoms with Gasteiger partial charge in [-0.3, -0.25) is 9.59 Å². The van der Waals surface area contributed by atoms with Crippen molar-refractivity contribution in [3.63, 3.8) is 0 Å². The van der Waals surface area contributed by atoms with Gasteiger partial charge in [0.15, 0.2) is 0 Å². The standard InChI is InChI=1S/C21H33N3O3/c1-4-15(2)13-24(3)14-18(25)17(12-16-8-6-5-7-9-16)23-20(27)21(10-11-21)19(22)26/h5-9,15,17-18,25H,4,10-14H2,1-3H3,(H2,22,26)(H,23,27). The molecule has 0 aromatic heterocycles. The molecule has 0 saturated heterocycles. The largest absolute Gasteiger partial charge is 0.390 e. The molecule has 1 fully saturated rings. The number of hydrogen-bond acceptors (Lipinski definition) is 4. The van der Waals surface area contributed by atoms with Gasteiger partial charge in [-0.1, -0.05) is 50.6 Å². The van der Waals surface area contributed by atoms with Crippen LogP contribution >= 0.6 is 0 Å². The molecule has 1 aromatic carbocycles. The van der Waals surface area contributed by atoms with Crippen molar-refractivity contribution < 1.29 is 14.7 Å². The highest BCUT2D eigenvalue weighted by Crippen LogP contribution is 2.45. The van der Waals surface area contributed by atoms with Crippen molar-refractivity contribution in [2.24, 2.45) is 17.1 Å². The van der Waals surface area contributed by atoms with Crippen LogP contribution in [-0.2, 0) is 16.0 Å². The fourth-order valence-electron chi connectivity index (χ4n) is 3.35. The van der Waals surface area contributed by atoms with E-state index in [-0.39, 0.29) is 5.91 Å². The van der Waals surface area contributed by atoms with Crippen molar-refractivity contribution in [2.45, 2.75) is 51.7 Å². The normalized spacial score (nSPS) is 18.6. The van der Waals surface area contributed by atoms with Gasteiger partial charge in [0.2, 0.25) is 11.8 Å². The lowest BCUT2D eigenvalue weighted by Gasteiger charge is -2.30. The van der Waals surface area contributed by atoms with Crippen LogP contribution in [0.4, 0.5) is 0 Å². The number of hydrogen-bond donors (Lipinski definition) is 3. The number of primary amides is 1. The smallest absolute Gasteiger partial charge is 0.236 e. The van der Waals surface area contributed by atoms with E-state index in [4.69, 9.17) is 5.73 Å². The highest BCUT2D eigenvalue weighted by molar-refractivity contribution is 6.07. The third-order valence-corrected chi connectivity index (χ3v) is 5.55. The van der Waals surface area contributed by atoms with Crippen molar-refractivity contribution in [3.8, 4) is 0 Å². The third kappa shape index (κ3) is 5.78. The van der Waals surface area contributed by atoms with E-state index in [1.165, 1.54) is 0 Å². The average Bonchev–Trinajstić information content (AvgIpc) is 3.43. The first kappa shape index (κ1) is 21.4. The summed E-state index contributed by atoms with van der Waals surface area (Å²) >= 11 is 0. The molecule has 3 atom stereocenters. The van der Waals surface area contributed by atoms with Crippen LogP contribution < -0.4 is 11.1 Å². The topological polar surface area (TPSA) is 95.7 Å². The summed E-state index contributed by atoms with van der Waals surface area (Å²) < 4.78 is 0. The van der Waals surface area contributed by atoms with Crippen LogP contribution in [0.2, 0.25) is 0 Å². The number of nitrogens with two attached hydrogens (primary N) is 1. The molecule has 6 nitrogen and oxygen atoms in total. The van der Waals surface area contributed by atoms with E-state index in [2.05, 4.69) is 24.1 Å². The number of likely N-dealkylation sites (N-methyl/N-ethyl adjacent to an activating group) is 1. The molecule has 1 saturated carbocycles. The van der Waals surface area contributed by atoms with Crippen LogP contribution in [0.25, 0.3) is 0 Å². The SMILES string of the molecule is CCC(C)CN(C)CC(O)C(Cc1ccccc1)NC(=O)C1(C(N)=O)CC1. The first-order valence-electron chi connectivity index (χ1n) is 9.80. The summed E-state index contributed by atoms with van der Waals surface area (Å²) in [5, 5.41) is 13.7. The summed E-state index contributed by atoms with van der Waals surface area (Å²) in [5.74, 6) is -0.407. The molecule has 1 aromatic rings. The van der Waals surface area contributed by atoms with Crippen LogP contribution in [0.1, 0.15) is 38.7 Å². The van der Waals surface area contributed by atoms with Gasteiger partial charge in [0.05, 0.1) is 12.1 Å². The fourth-order valence-corrected chi connectivity index (χ4v) is 3.35. The summed E-state index contributed by atoms with van der Waals surface area (Å²) in [4.78, 5) is 26.4. The summed E-state index contributed by atoms with van der Waals surface area (Å²) in [6.07, 6.45) is 1.80. The zero-order chi connectivity index (χ0) is 20.0. The number of nitrogens with one attached hydrogen (secondary N) is 1. The van der Waals surface area contributed by atoms with E-state index in [0.29, 0.717) is 31.7 Å². The first-order valence-corrected chi connectivity index (χ1v) is 9.80. The Kier molecular flexibility index (Phi) is 7.39. The Morgan fingerprint density at radius 1 is 1.26 bits per heavy atom. The average molecular weight is 376 g/mol. The zero-order valence-electron chi connectivity index (χ0n) is 16.6. The van der Waals surface area contributed by atoms with Crippen LogP contribution in [0, 0.1) is 11.3 Å². The maximum atomic E-state index is 12.6. The van der Waals surface area contributed by atoms with Crippen molar-refractivity contribution >= 4 is 11.8 Å². The van der Waals surface area contributed by atoms with Gasteiger partial charge in [0.25, 0.3) is 0 Å². The molecule has 6 heteroatoms. The Bertz CT molecular complexity index is 631. The van der Waals surface area contributed by atoms with E-state index in [1.807, 2.05) is 37.4 Å². The molecule has 0 heterocycles. The molecular formula is C21H33N3O3. The van der Waals surface area contributed by atoms with Crippen molar-refractivity contribution in [1.29, 1.82) is 0 Å². The second kappa shape index (κ2) is 9.33. The number of benzene rings is 1. The fraction of sp³-hybridized carbons (Fsp3) is 0.619. The summed E-state index contributed by atoms with van der Waals surface area (Å²) in [6, 6.07) is 9.25. The van der Waals surface area contributed by atoms with E-state index in [0.717, 1.165) is 18.5 Å². The molecule has 1 aliphatic carbocycles. The number of nitrogens with zero attached hydrogens (tertiary/aromatic N) is 1. The molecule has 0 spiro atoms. The van der Waals surface area contributed by atoms with E-state index in [1.54, 1.807) is 0 Å². The molecule has 0 aliphatic heterocycles. The Morgan fingerprint density at radius 2 is 1.89 bits per heavy atom. The lowest BCUT2D eigenvalue weighted by molar-refractivity contribution is -0.136. The lowest BCUT2D eigenvalue weighted by Crippen LogP contribution is -2.53. The molecule has 4 N–H and O–H groups in total. The molecule has 0 bridgehead atoms. The molecule has 3 unspecified atom stereocenters. The van der Waals surface area contributed by atoms with Gasteiger partial charge >= 0.3 is 0 Å². The molecule has 150 valence electrons. The molecule has 2 rings (SSSR count). The Morgan fingerprint density at radius 3 is 2.41 bits per heavy atom. The molecule has 27 heavy (non-hydrogen) atoms.